The van der Waals surface area contributed by atoms with Gasteiger partial charge in [0.25, 0.3) is 0 Å². The molecule has 2 aliphatic carbocycles. The molecule has 1 aromatic carbocycles. The van der Waals surface area contributed by atoms with Crippen molar-refractivity contribution < 1.29 is 14.6 Å². The highest BCUT2D eigenvalue weighted by molar-refractivity contribution is 5.67. The number of carbonyl (C=O) groups excluding carboxylic acids is 1. The number of alkyl carbamates (subject to hydrolysis) is 1. The van der Waals surface area contributed by atoms with E-state index in [1.807, 2.05) is 0 Å². The monoisotopic (exact) mass is 373 g/mol. The molecule has 4 nitrogen and oxygen atoms in total. The molecule has 1 saturated carbocycles. The molecular weight excluding hydrogens is 338 g/mol. The Morgan fingerprint density at radius 1 is 1.19 bits per heavy atom. The number of carbonyl (C=O) groups is 1. The van der Waals surface area contributed by atoms with Gasteiger partial charge in [-0.15, -0.1) is 0 Å². The Morgan fingerprint density at radius 3 is 2.85 bits per heavy atom. The summed E-state index contributed by atoms with van der Waals surface area (Å²) in [6, 6.07) is 6.85. The molecule has 0 bridgehead atoms. The van der Waals surface area contributed by atoms with Crippen molar-refractivity contribution in [3.63, 3.8) is 0 Å². The molecule has 27 heavy (non-hydrogen) atoms. The van der Waals surface area contributed by atoms with Crippen LogP contribution in [0.5, 0.6) is 0 Å². The average molecular weight is 374 g/mol. The number of rotatable bonds is 8. The van der Waals surface area contributed by atoms with Crippen molar-refractivity contribution in [2.45, 2.75) is 83.2 Å². The quantitative estimate of drug-likeness (QED) is 0.648. The van der Waals surface area contributed by atoms with Gasteiger partial charge in [0.2, 0.25) is 0 Å². The highest BCUT2D eigenvalue weighted by Gasteiger charge is 2.27. The largest absolute Gasteiger partial charge is 0.446 e. The Morgan fingerprint density at radius 2 is 2.07 bits per heavy atom. The van der Waals surface area contributed by atoms with Gasteiger partial charge >= 0.3 is 6.09 Å². The summed E-state index contributed by atoms with van der Waals surface area (Å²) in [5, 5.41) is 12.3. The first-order chi connectivity index (χ1) is 13.2. The number of nitrogens with one attached hydrogen (secondary N) is 1. The van der Waals surface area contributed by atoms with Crippen molar-refractivity contribution in [1.82, 2.24) is 5.32 Å². The number of aryl methyl sites for hydroxylation is 1. The van der Waals surface area contributed by atoms with Gasteiger partial charge in [0, 0.05) is 19.6 Å². The molecule has 0 aliphatic heterocycles. The van der Waals surface area contributed by atoms with E-state index in [0.717, 1.165) is 44.9 Å². The third-order valence-electron chi connectivity index (χ3n) is 6.26. The highest BCUT2D eigenvalue weighted by atomic mass is 16.6. The van der Waals surface area contributed by atoms with Gasteiger partial charge < -0.3 is 15.2 Å². The molecule has 0 radical (unpaired) electrons. The zero-order chi connectivity index (χ0) is 19.1. The number of aliphatic hydroxyl groups excluding tert-OH is 1. The van der Waals surface area contributed by atoms with E-state index >= 15 is 0 Å². The summed E-state index contributed by atoms with van der Waals surface area (Å²) < 4.78 is 5.64. The molecule has 3 atom stereocenters. The van der Waals surface area contributed by atoms with Crippen molar-refractivity contribution in [2.24, 2.45) is 5.92 Å². The number of hydrogen-bond donors (Lipinski definition) is 2. The van der Waals surface area contributed by atoms with Crippen LogP contribution in [0.15, 0.2) is 18.2 Å². The molecule has 0 aromatic heterocycles. The van der Waals surface area contributed by atoms with Gasteiger partial charge in [-0.25, -0.2) is 4.79 Å². The molecule has 0 spiro atoms. The van der Waals surface area contributed by atoms with Gasteiger partial charge in [0.05, 0.1) is 0 Å². The van der Waals surface area contributed by atoms with Crippen molar-refractivity contribution in [1.29, 1.82) is 0 Å². The maximum absolute atomic E-state index is 12.0. The van der Waals surface area contributed by atoms with Crippen LogP contribution >= 0.6 is 0 Å². The van der Waals surface area contributed by atoms with Crippen LogP contribution in [0.3, 0.4) is 0 Å². The fourth-order valence-corrected chi connectivity index (χ4v) is 4.57. The normalized spacial score (nSPS) is 24.4. The van der Waals surface area contributed by atoms with Gasteiger partial charge in [-0.05, 0) is 67.1 Å². The van der Waals surface area contributed by atoms with Gasteiger partial charge in [0.1, 0.15) is 6.10 Å². The molecular formula is C23H35NO3. The van der Waals surface area contributed by atoms with Crippen LogP contribution in [-0.2, 0) is 17.6 Å². The van der Waals surface area contributed by atoms with Crippen molar-refractivity contribution in [3.05, 3.63) is 34.9 Å². The fraction of sp³-hybridized carbons (Fsp3) is 0.696. The number of benzene rings is 1. The third kappa shape index (κ3) is 5.71. The van der Waals surface area contributed by atoms with Crippen LogP contribution in [0.25, 0.3) is 0 Å². The minimum Gasteiger partial charge on any atom is -0.446 e. The Balaban J connectivity index is 1.46. The third-order valence-corrected chi connectivity index (χ3v) is 6.26. The lowest BCUT2D eigenvalue weighted by molar-refractivity contribution is 0.0895. The second-order valence-electron chi connectivity index (χ2n) is 8.34. The Kier molecular flexibility index (Phi) is 7.57. The number of fused-ring (bicyclic) bond motifs is 1. The lowest BCUT2D eigenvalue weighted by Crippen LogP contribution is -2.32. The van der Waals surface area contributed by atoms with Crippen LogP contribution in [0, 0.1) is 5.92 Å². The average Bonchev–Trinajstić information content (AvgIpc) is 3.17. The first kappa shape index (κ1) is 20.2. The van der Waals surface area contributed by atoms with E-state index in [-0.39, 0.29) is 12.2 Å². The summed E-state index contributed by atoms with van der Waals surface area (Å²) in [5.74, 6) is 1.07. The summed E-state index contributed by atoms with van der Waals surface area (Å²) >= 11 is 0. The predicted octanol–water partition coefficient (Wildman–Crippen LogP) is 4.73. The summed E-state index contributed by atoms with van der Waals surface area (Å²) in [5.41, 5.74) is 4.16. The van der Waals surface area contributed by atoms with Crippen molar-refractivity contribution >= 4 is 6.09 Å². The topological polar surface area (TPSA) is 58.6 Å². The van der Waals surface area contributed by atoms with E-state index in [1.165, 1.54) is 36.0 Å². The number of ether oxygens (including phenoxy) is 1. The molecule has 1 amide bonds. The molecule has 1 fully saturated rings. The SMILES string of the molecule is CCCCCCNC(=O)OC1CCc2cc(C3CCC(CO)C3)ccc2C1. The predicted molar refractivity (Wildman–Crippen MR) is 108 cm³/mol. The minimum atomic E-state index is -0.266. The molecule has 150 valence electrons. The summed E-state index contributed by atoms with van der Waals surface area (Å²) in [6.07, 6.45) is 10.5. The Bertz CT molecular complexity index is 616. The van der Waals surface area contributed by atoms with Gasteiger partial charge in [0.15, 0.2) is 0 Å². The highest BCUT2D eigenvalue weighted by Crippen LogP contribution is 2.39. The lowest BCUT2D eigenvalue weighted by Gasteiger charge is -2.26. The van der Waals surface area contributed by atoms with Crippen molar-refractivity contribution in [3.8, 4) is 0 Å². The Labute approximate surface area is 163 Å². The zero-order valence-corrected chi connectivity index (χ0v) is 16.7. The summed E-state index contributed by atoms with van der Waals surface area (Å²) in [7, 11) is 0. The van der Waals surface area contributed by atoms with E-state index in [1.54, 1.807) is 0 Å². The van der Waals surface area contributed by atoms with E-state index in [4.69, 9.17) is 4.74 Å². The molecule has 3 unspecified atom stereocenters. The summed E-state index contributed by atoms with van der Waals surface area (Å²) in [4.78, 5) is 12.0. The molecule has 1 aromatic rings. The smallest absolute Gasteiger partial charge is 0.407 e. The van der Waals surface area contributed by atoms with Crippen LogP contribution < -0.4 is 5.32 Å². The van der Waals surface area contributed by atoms with Crippen LogP contribution in [-0.4, -0.2) is 30.5 Å². The fourth-order valence-electron chi connectivity index (χ4n) is 4.57. The standard InChI is InChI=1S/C23H35NO3/c1-2-3-4-5-12-24-23(26)27-22-11-10-20-14-19(8-9-21(20)15-22)18-7-6-17(13-18)16-25/h8-9,14,17-18,22,25H,2-7,10-13,15-16H2,1H3,(H,24,26). The van der Waals surface area contributed by atoms with Gasteiger partial charge in [-0.1, -0.05) is 44.4 Å². The minimum absolute atomic E-state index is 0.00996. The number of hydrogen-bond acceptors (Lipinski definition) is 3. The first-order valence-electron chi connectivity index (χ1n) is 10.9. The summed E-state index contributed by atoms with van der Waals surface area (Å²) in [6.45, 7) is 3.22. The van der Waals surface area contributed by atoms with Gasteiger partial charge in [-0.3, -0.25) is 0 Å². The molecule has 2 N–H and O–H groups in total. The zero-order valence-electron chi connectivity index (χ0n) is 16.7. The number of amides is 1. The van der Waals surface area contributed by atoms with Crippen LogP contribution in [0.1, 0.15) is 80.9 Å². The second-order valence-corrected chi connectivity index (χ2v) is 8.34. The second kappa shape index (κ2) is 10.1. The maximum atomic E-state index is 12.0. The lowest BCUT2D eigenvalue weighted by atomic mass is 9.85. The molecule has 4 heteroatoms. The molecule has 0 heterocycles. The molecule has 3 rings (SSSR count). The van der Waals surface area contributed by atoms with E-state index in [9.17, 15) is 9.90 Å². The Hall–Kier alpha value is -1.55. The van der Waals surface area contributed by atoms with E-state index in [2.05, 4.69) is 30.4 Å². The number of aliphatic hydroxyl groups is 1. The maximum Gasteiger partial charge on any atom is 0.407 e. The van der Waals surface area contributed by atoms with Crippen LogP contribution in [0.2, 0.25) is 0 Å². The number of unbranched alkanes of at least 4 members (excludes halogenated alkanes) is 3. The van der Waals surface area contributed by atoms with Crippen molar-refractivity contribution in [2.75, 3.05) is 13.2 Å². The first-order valence-corrected chi connectivity index (χ1v) is 10.9. The molecule has 0 saturated heterocycles. The molecule has 2 aliphatic rings. The van der Waals surface area contributed by atoms with Gasteiger partial charge in [-0.2, -0.15) is 0 Å². The van der Waals surface area contributed by atoms with E-state index in [0.29, 0.717) is 25.0 Å². The van der Waals surface area contributed by atoms with Crippen LogP contribution in [0.4, 0.5) is 4.79 Å². The van der Waals surface area contributed by atoms with E-state index < -0.39 is 0 Å².